The Morgan fingerprint density at radius 1 is 1.25 bits per heavy atom. The molecule has 1 amide bonds. The van der Waals surface area contributed by atoms with Crippen LogP contribution in [0, 0.1) is 5.92 Å². The Balaban J connectivity index is 1.54. The summed E-state index contributed by atoms with van der Waals surface area (Å²) in [6.07, 6.45) is 5.93. The number of hydrogen-bond donors (Lipinski definition) is 2. The first-order chi connectivity index (χ1) is 7.84. The van der Waals surface area contributed by atoms with Gasteiger partial charge in [-0.3, -0.25) is 4.79 Å². The highest BCUT2D eigenvalue weighted by Gasteiger charge is 2.41. The van der Waals surface area contributed by atoms with E-state index in [2.05, 4.69) is 10.6 Å². The van der Waals surface area contributed by atoms with E-state index in [0.717, 1.165) is 32.4 Å². The van der Waals surface area contributed by atoms with Gasteiger partial charge in [0.1, 0.15) is 0 Å². The van der Waals surface area contributed by atoms with Gasteiger partial charge in [-0.1, -0.05) is 0 Å². The van der Waals surface area contributed by atoms with Gasteiger partial charge in [0, 0.05) is 6.61 Å². The Morgan fingerprint density at radius 3 is 2.81 bits per heavy atom. The van der Waals surface area contributed by atoms with Gasteiger partial charge in [-0.05, 0) is 44.6 Å². The lowest BCUT2D eigenvalue weighted by atomic mass is 10.1. The van der Waals surface area contributed by atoms with Crippen molar-refractivity contribution in [1.29, 1.82) is 0 Å². The zero-order valence-electron chi connectivity index (χ0n) is 9.58. The van der Waals surface area contributed by atoms with Gasteiger partial charge >= 0.3 is 0 Å². The first-order valence-electron chi connectivity index (χ1n) is 6.50. The lowest BCUT2D eigenvalue weighted by Crippen LogP contribution is -2.48. The number of ether oxygens (including phenoxy) is 1. The molecule has 0 spiro atoms. The highest BCUT2D eigenvalue weighted by Crippen LogP contribution is 2.38. The monoisotopic (exact) mass is 224 g/mol. The smallest absolute Gasteiger partial charge is 0.237 e. The molecule has 2 saturated heterocycles. The van der Waals surface area contributed by atoms with Gasteiger partial charge in [0.2, 0.25) is 5.91 Å². The van der Waals surface area contributed by atoms with Crippen LogP contribution in [0.4, 0.5) is 0 Å². The van der Waals surface area contributed by atoms with E-state index in [9.17, 15) is 4.79 Å². The summed E-state index contributed by atoms with van der Waals surface area (Å²) >= 11 is 0. The molecule has 3 rings (SSSR count). The summed E-state index contributed by atoms with van der Waals surface area (Å²) in [6.45, 7) is 1.79. The Labute approximate surface area is 96.1 Å². The number of nitrogens with one attached hydrogen (secondary N) is 2. The standard InChI is InChI=1S/C12H20N2O2/c15-12(10-2-1-6-13-10)14-9-5-7-16-11(9)8-3-4-8/h8-11,13H,1-7H2,(H,14,15). The fourth-order valence-corrected chi connectivity index (χ4v) is 2.85. The summed E-state index contributed by atoms with van der Waals surface area (Å²) in [7, 11) is 0. The van der Waals surface area contributed by atoms with Crippen molar-refractivity contribution in [2.75, 3.05) is 13.2 Å². The number of carbonyl (C=O) groups is 1. The predicted molar refractivity (Wildman–Crippen MR) is 60.0 cm³/mol. The molecule has 1 saturated carbocycles. The second-order valence-electron chi connectivity index (χ2n) is 5.23. The molecule has 0 radical (unpaired) electrons. The largest absolute Gasteiger partial charge is 0.376 e. The molecule has 3 atom stereocenters. The summed E-state index contributed by atoms with van der Waals surface area (Å²) in [5, 5.41) is 6.40. The van der Waals surface area contributed by atoms with Gasteiger partial charge in [0.05, 0.1) is 18.2 Å². The molecule has 2 aliphatic heterocycles. The van der Waals surface area contributed by atoms with Crippen LogP contribution in [-0.2, 0) is 9.53 Å². The number of carbonyl (C=O) groups excluding carboxylic acids is 1. The van der Waals surface area contributed by atoms with Crippen molar-refractivity contribution in [3.05, 3.63) is 0 Å². The van der Waals surface area contributed by atoms with Gasteiger partial charge in [-0.25, -0.2) is 0 Å². The summed E-state index contributed by atoms with van der Waals surface area (Å²) < 4.78 is 5.72. The fraction of sp³-hybridized carbons (Fsp3) is 0.917. The van der Waals surface area contributed by atoms with Crippen LogP contribution in [0.1, 0.15) is 32.1 Å². The molecular weight excluding hydrogens is 204 g/mol. The van der Waals surface area contributed by atoms with Crippen molar-refractivity contribution < 1.29 is 9.53 Å². The van der Waals surface area contributed by atoms with E-state index < -0.39 is 0 Å². The Bertz CT molecular complexity index is 272. The van der Waals surface area contributed by atoms with E-state index in [1.54, 1.807) is 0 Å². The summed E-state index contributed by atoms with van der Waals surface area (Å²) in [6, 6.07) is 0.308. The first kappa shape index (κ1) is 10.5. The van der Waals surface area contributed by atoms with Crippen LogP contribution in [0.15, 0.2) is 0 Å². The van der Waals surface area contributed by atoms with E-state index in [4.69, 9.17) is 4.74 Å². The molecule has 4 heteroatoms. The summed E-state index contributed by atoms with van der Waals surface area (Å²) in [5.74, 6) is 0.892. The van der Waals surface area contributed by atoms with Gasteiger partial charge in [0.15, 0.2) is 0 Å². The average molecular weight is 224 g/mol. The van der Waals surface area contributed by atoms with Gasteiger partial charge < -0.3 is 15.4 Å². The van der Waals surface area contributed by atoms with Crippen LogP contribution in [0.2, 0.25) is 0 Å². The Hall–Kier alpha value is -0.610. The van der Waals surface area contributed by atoms with Crippen molar-refractivity contribution in [3.63, 3.8) is 0 Å². The van der Waals surface area contributed by atoms with Gasteiger partial charge in [0.25, 0.3) is 0 Å². The van der Waals surface area contributed by atoms with Crippen molar-refractivity contribution >= 4 is 5.91 Å². The SMILES string of the molecule is O=C(NC1CCOC1C1CC1)C1CCCN1. The van der Waals surface area contributed by atoms with Crippen LogP contribution in [-0.4, -0.2) is 37.2 Å². The average Bonchev–Trinajstić information content (AvgIpc) is 2.83. The summed E-state index contributed by atoms with van der Waals surface area (Å²) in [4.78, 5) is 12.0. The molecule has 3 aliphatic rings. The van der Waals surface area contributed by atoms with Crippen LogP contribution in [0.25, 0.3) is 0 Å². The zero-order chi connectivity index (χ0) is 11.0. The van der Waals surface area contributed by atoms with Crippen molar-refractivity contribution in [3.8, 4) is 0 Å². The van der Waals surface area contributed by atoms with Crippen LogP contribution < -0.4 is 10.6 Å². The predicted octanol–water partition coefficient (Wildman–Crippen LogP) is 0.422. The number of rotatable bonds is 3. The molecule has 16 heavy (non-hydrogen) atoms. The molecular formula is C12H20N2O2. The molecule has 2 heterocycles. The molecule has 0 aromatic heterocycles. The minimum Gasteiger partial charge on any atom is -0.376 e. The second kappa shape index (κ2) is 4.34. The van der Waals surface area contributed by atoms with Crippen molar-refractivity contribution in [1.82, 2.24) is 10.6 Å². The maximum Gasteiger partial charge on any atom is 0.237 e. The Morgan fingerprint density at radius 2 is 2.12 bits per heavy atom. The van der Waals surface area contributed by atoms with E-state index in [1.807, 2.05) is 0 Å². The third kappa shape index (κ3) is 2.09. The third-order valence-corrected chi connectivity index (χ3v) is 3.93. The highest BCUT2D eigenvalue weighted by atomic mass is 16.5. The second-order valence-corrected chi connectivity index (χ2v) is 5.23. The molecule has 3 unspecified atom stereocenters. The first-order valence-corrected chi connectivity index (χ1v) is 6.50. The molecule has 0 aromatic rings. The number of amides is 1. The number of hydrogen-bond acceptors (Lipinski definition) is 3. The molecule has 2 N–H and O–H groups in total. The topological polar surface area (TPSA) is 50.4 Å². The highest BCUT2D eigenvalue weighted by molar-refractivity contribution is 5.82. The van der Waals surface area contributed by atoms with Crippen molar-refractivity contribution in [2.24, 2.45) is 5.92 Å². The normalized spacial score (nSPS) is 38.9. The third-order valence-electron chi connectivity index (χ3n) is 3.93. The molecule has 1 aliphatic carbocycles. The lowest BCUT2D eigenvalue weighted by molar-refractivity contribution is -0.124. The zero-order valence-corrected chi connectivity index (χ0v) is 9.58. The summed E-state index contributed by atoms with van der Waals surface area (Å²) in [5.41, 5.74) is 0. The fourth-order valence-electron chi connectivity index (χ4n) is 2.85. The lowest BCUT2D eigenvalue weighted by Gasteiger charge is -2.21. The van der Waals surface area contributed by atoms with Crippen molar-refractivity contribution in [2.45, 2.75) is 50.3 Å². The maximum atomic E-state index is 12.0. The quantitative estimate of drug-likeness (QED) is 0.730. The minimum atomic E-state index is 0.0421. The van der Waals surface area contributed by atoms with E-state index in [0.29, 0.717) is 12.0 Å². The van der Waals surface area contributed by atoms with E-state index >= 15 is 0 Å². The van der Waals surface area contributed by atoms with E-state index in [-0.39, 0.29) is 18.0 Å². The molecule has 0 aromatic carbocycles. The van der Waals surface area contributed by atoms with Crippen LogP contribution in [0.3, 0.4) is 0 Å². The molecule has 3 fully saturated rings. The minimum absolute atomic E-state index is 0.0421. The van der Waals surface area contributed by atoms with Gasteiger partial charge in [-0.2, -0.15) is 0 Å². The Kier molecular flexibility index (Phi) is 2.86. The van der Waals surface area contributed by atoms with Crippen LogP contribution >= 0.6 is 0 Å². The molecule has 4 nitrogen and oxygen atoms in total. The van der Waals surface area contributed by atoms with E-state index in [1.165, 1.54) is 12.8 Å². The molecule has 90 valence electrons. The molecule has 0 bridgehead atoms. The maximum absolute atomic E-state index is 12.0. The van der Waals surface area contributed by atoms with Crippen LogP contribution in [0.5, 0.6) is 0 Å². The van der Waals surface area contributed by atoms with Gasteiger partial charge in [-0.15, -0.1) is 0 Å².